The van der Waals surface area contributed by atoms with Crippen LogP contribution in [0.1, 0.15) is 0 Å². The first-order chi connectivity index (χ1) is 10.5. The van der Waals surface area contributed by atoms with Gasteiger partial charge in [-0.05, 0) is 0 Å². The zero-order chi connectivity index (χ0) is 18.2. The summed E-state index contributed by atoms with van der Waals surface area (Å²) in [6, 6.07) is -2.08. The molecule has 18 heteroatoms. The van der Waals surface area contributed by atoms with Gasteiger partial charge in [-0.1, -0.05) is 25.3 Å². The summed E-state index contributed by atoms with van der Waals surface area (Å²) in [5.41, 5.74) is 8.87. The van der Waals surface area contributed by atoms with Gasteiger partial charge in [0.1, 0.15) is 0 Å². The van der Waals surface area contributed by atoms with Gasteiger partial charge < -0.3 is 11.5 Å². The van der Waals surface area contributed by atoms with Gasteiger partial charge in [0, 0.05) is 0 Å². The molecule has 0 bridgehead atoms. The molecule has 0 spiro atoms. The first kappa shape index (κ1) is 19.1. The van der Waals surface area contributed by atoms with Crippen LogP contribution in [0.2, 0.25) is 0 Å². The number of primary amides is 2. The molecule has 1 aliphatic rings. The number of nitrogens with zero attached hydrogens (tertiary/aromatic N) is 8. The third kappa shape index (κ3) is 7.48. The number of urea groups is 2. The zero-order valence-electron chi connectivity index (χ0n) is 11.1. The van der Waals surface area contributed by atoms with E-state index in [4.69, 9.17) is 0 Å². The maximum absolute atomic E-state index is 10.3. The number of hydrogen-bond donors (Lipinski definition) is 2. The second kappa shape index (κ2) is 8.43. The monoisotopic (exact) mass is 338 g/mol. The number of azo groups is 1. The molecule has 18 nitrogen and oxygen atoms in total. The van der Waals surface area contributed by atoms with Crippen LogP contribution in [0.4, 0.5) is 9.59 Å². The normalized spacial score (nSPS) is 14.0. The number of hydrogen-bond acceptors (Lipinski definition) is 8. The largest absolute Gasteiger partial charge is 0.357 e. The van der Waals surface area contributed by atoms with Gasteiger partial charge in [-0.25, -0.2) is 39.9 Å². The molecule has 1 fully saturated rings. The second-order valence-electron chi connectivity index (χ2n) is 3.53. The van der Waals surface area contributed by atoms with Crippen molar-refractivity contribution in [2.24, 2.45) is 21.7 Å². The van der Waals surface area contributed by atoms with E-state index in [0.29, 0.717) is 15.0 Å². The lowest BCUT2D eigenvalue weighted by Gasteiger charge is -2.27. The molecule has 1 aliphatic heterocycles. The van der Waals surface area contributed by atoms with Crippen LogP contribution in [-0.2, 0) is 0 Å². The van der Waals surface area contributed by atoms with E-state index in [-0.39, 0.29) is 0 Å². The summed E-state index contributed by atoms with van der Waals surface area (Å²) in [5.74, 6) is 0. The fourth-order valence-electron chi connectivity index (χ4n) is 1.11. The van der Waals surface area contributed by atoms with Gasteiger partial charge in [-0.2, -0.15) is 0 Å². The molecule has 4 N–H and O–H groups in total. The van der Waals surface area contributed by atoms with E-state index >= 15 is 0 Å². The lowest BCUT2D eigenvalue weighted by atomic mass is 10.7. The predicted molar refractivity (Wildman–Crippen MR) is 65.1 cm³/mol. The fourth-order valence-corrected chi connectivity index (χ4v) is 1.11. The van der Waals surface area contributed by atoms with Gasteiger partial charge in [0.25, 0.3) is 0 Å². The smallest absolute Gasteiger partial charge is 0.348 e. The quantitative estimate of drug-likeness (QED) is 0.321. The van der Waals surface area contributed by atoms with Crippen molar-refractivity contribution in [3.05, 3.63) is 30.3 Å². The van der Waals surface area contributed by atoms with Crippen molar-refractivity contribution in [3.63, 3.8) is 0 Å². The van der Waals surface area contributed by atoms with Crippen LogP contribution < -0.4 is 11.5 Å². The van der Waals surface area contributed by atoms with Crippen molar-refractivity contribution >= 4 is 12.1 Å². The number of amides is 4. The Morgan fingerprint density at radius 1 is 0.739 bits per heavy atom. The molecule has 1 heterocycles. The van der Waals surface area contributed by atoms with Crippen molar-refractivity contribution in [1.82, 2.24) is 15.0 Å². The Hall–Kier alpha value is -3.86. The molecule has 0 aliphatic carbocycles. The molecule has 1 rings (SSSR count). The third-order valence-corrected chi connectivity index (χ3v) is 1.92. The van der Waals surface area contributed by atoms with Gasteiger partial charge >= 0.3 is 12.1 Å². The van der Waals surface area contributed by atoms with Crippen molar-refractivity contribution in [3.8, 4) is 0 Å². The van der Waals surface area contributed by atoms with Crippen LogP contribution in [0.3, 0.4) is 0 Å². The van der Waals surface area contributed by atoms with Gasteiger partial charge in [-0.15, -0.1) is 0 Å². The molecule has 0 saturated carbocycles. The maximum Gasteiger partial charge on any atom is 0.357 e. The topological polar surface area (TPSA) is 250 Å². The van der Waals surface area contributed by atoms with Crippen molar-refractivity contribution < 1.29 is 24.7 Å². The number of carbonyl (C=O) groups is 2. The molecular weight excluding hydrogens is 328 g/mol. The Morgan fingerprint density at radius 2 is 0.957 bits per heavy atom. The average molecular weight is 338 g/mol. The molecule has 0 radical (unpaired) electrons. The molecule has 0 atom stereocenters. The van der Waals surface area contributed by atoms with Crippen molar-refractivity contribution in [2.45, 2.75) is 0 Å². The highest BCUT2D eigenvalue weighted by Crippen LogP contribution is 2.06. The van der Waals surface area contributed by atoms with Crippen LogP contribution in [-0.4, -0.2) is 62.2 Å². The van der Waals surface area contributed by atoms with E-state index in [1.54, 1.807) is 0 Å². The van der Waals surface area contributed by atoms with E-state index in [1.165, 1.54) is 0 Å². The Morgan fingerprint density at radius 3 is 1.09 bits per heavy atom. The second-order valence-corrected chi connectivity index (χ2v) is 3.53. The summed E-state index contributed by atoms with van der Waals surface area (Å²) in [4.78, 5) is 50.3. The minimum Gasteiger partial charge on any atom is -0.348 e. The van der Waals surface area contributed by atoms with Crippen LogP contribution in [0, 0.1) is 30.3 Å². The van der Waals surface area contributed by atoms with Gasteiger partial charge in [0.2, 0.25) is 20.0 Å². The summed E-state index contributed by atoms with van der Waals surface area (Å²) in [6.45, 7) is -1.78. The van der Waals surface area contributed by atoms with E-state index in [2.05, 4.69) is 21.7 Å². The summed E-state index contributed by atoms with van der Waals surface area (Å²) >= 11 is 0. The number of hydrazine groups is 3. The van der Waals surface area contributed by atoms with Crippen LogP contribution in [0.15, 0.2) is 10.2 Å². The Balaban J connectivity index is 0.000000515. The molecule has 0 aromatic heterocycles. The van der Waals surface area contributed by atoms with E-state index < -0.39 is 47.2 Å². The minimum atomic E-state index is -1.04. The molecule has 0 aromatic rings. The summed E-state index contributed by atoms with van der Waals surface area (Å²) in [6.07, 6.45) is 0. The van der Waals surface area contributed by atoms with Crippen LogP contribution >= 0.6 is 0 Å². The molecule has 4 amide bonds. The maximum atomic E-state index is 10.3. The molecular formula is C5H10N10O8. The van der Waals surface area contributed by atoms with Crippen molar-refractivity contribution in [1.29, 1.82) is 0 Å². The minimum absolute atomic E-state index is 0.370. The summed E-state index contributed by atoms with van der Waals surface area (Å²) < 4.78 is 0. The third-order valence-electron chi connectivity index (χ3n) is 1.92. The highest BCUT2D eigenvalue weighted by molar-refractivity contribution is 5.77. The number of carbonyl (C=O) groups excluding carboxylic acids is 2. The fraction of sp³-hybridized carbons (Fsp3) is 0.600. The zero-order valence-corrected chi connectivity index (χ0v) is 11.1. The lowest BCUT2D eigenvalue weighted by molar-refractivity contribution is -0.775. The first-order valence-corrected chi connectivity index (χ1v) is 5.23. The first-order valence-electron chi connectivity index (χ1n) is 5.23. The van der Waals surface area contributed by atoms with Crippen LogP contribution in [0.5, 0.6) is 0 Å². The summed E-state index contributed by atoms with van der Waals surface area (Å²) in [7, 11) is 0. The SMILES string of the molecule is NC(=O)/N=N/C(N)=O.O=[N+]([O-])N1CN([N+](=O)[O-])CN([N+](=O)[O-])C1. The van der Waals surface area contributed by atoms with Gasteiger partial charge in [0.05, 0.1) is 0 Å². The average Bonchev–Trinajstić information content (AvgIpc) is 2.45. The highest BCUT2D eigenvalue weighted by Gasteiger charge is 2.39. The van der Waals surface area contributed by atoms with Crippen molar-refractivity contribution in [2.75, 3.05) is 20.0 Å². The Kier molecular flexibility index (Phi) is 7.02. The van der Waals surface area contributed by atoms with Gasteiger partial charge in [-0.3, -0.25) is 0 Å². The predicted octanol–water partition coefficient (Wildman–Crippen LogP) is -2.05. The molecule has 23 heavy (non-hydrogen) atoms. The lowest BCUT2D eigenvalue weighted by Crippen LogP contribution is -2.59. The summed E-state index contributed by atoms with van der Waals surface area (Å²) in [5, 5.41) is 34.5. The number of nitro groups is 3. The Bertz CT molecular complexity index is 464. The molecule has 128 valence electrons. The molecule has 0 unspecified atom stereocenters. The van der Waals surface area contributed by atoms with Crippen LogP contribution in [0.25, 0.3) is 0 Å². The Labute approximate surface area is 125 Å². The highest BCUT2D eigenvalue weighted by atomic mass is 16.7. The number of nitrogens with two attached hydrogens (primary N) is 2. The number of rotatable bonds is 3. The standard InChI is InChI=1S/C3H6N6O6.C2H4N4O2/c10-7(11)4-1-5(8(12)13)3-6(2-4)9(14)15;3-1(7)5-6-2(4)8/h1-3H2;(H2,3,7)(H2,4,8)/b;6-5+. The molecule has 0 aromatic carbocycles. The molecule has 1 saturated heterocycles. The van der Waals surface area contributed by atoms with Gasteiger partial charge in [0.15, 0.2) is 15.1 Å². The van der Waals surface area contributed by atoms with E-state index in [9.17, 15) is 39.9 Å². The van der Waals surface area contributed by atoms with E-state index in [0.717, 1.165) is 0 Å². The van der Waals surface area contributed by atoms with E-state index in [1.807, 2.05) is 0 Å².